The summed E-state index contributed by atoms with van der Waals surface area (Å²) < 4.78 is 5.49. The molecule has 1 saturated heterocycles. The average molecular weight is 264 g/mol. The normalized spacial score (nSPS) is 23.2. The zero-order valence-corrected chi connectivity index (χ0v) is 11.3. The van der Waals surface area contributed by atoms with Crippen LogP contribution in [0.25, 0.3) is 0 Å². The molecule has 1 fully saturated rings. The van der Waals surface area contributed by atoms with Gasteiger partial charge in [0.2, 0.25) is 0 Å². The number of nitrogen functional groups attached to an aromatic ring is 1. The lowest BCUT2D eigenvalue weighted by atomic mass is 9.94. The minimum Gasteiger partial charge on any atom is -0.377 e. The summed E-state index contributed by atoms with van der Waals surface area (Å²) in [5.74, 6) is 5.70. The van der Waals surface area contributed by atoms with E-state index < -0.39 is 0 Å². The van der Waals surface area contributed by atoms with Crippen LogP contribution in [-0.4, -0.2) is 41.6 Å². The number of carbonyl (C=O) groups excluding carboxylic acids is 1. The number of hydrogen-bond acceptors (Lipinski definition) is 5. The number of amides is 1. The predicted octanol–water partition coefficient (Wildman–Crippen LogP) is 1.01. The quantitative estimate of drug-likeness (QED) is 0.629. The standard InChI is InChI=1S/C13H20N4O2/c1-13(19-2)7-4-8-17(9-13)12(18)10-5-3-6-11(15-10)16-14/h3,5-6H,4,7-9,14H2,1-2H3,(H,15,16). The molecule has 0 radical (unpaired) electrons. The molecule has 1 atom stereocenters. The molecule has 1 unspecified atom stereocenters. The van der Waals surface area contributed by atoms with Crippen molar-refractivity contribution < 1.29 is 9.53 Å². The first-order valence-corrected chi connectivity index (χ1v) is 6.36. The van der Waals surface area contributed by atoms with E-state index in [0.717, 1.165) is 19.4 Å². The molecular formula is C13H20N4O2. The third-order valence-corrected chi connectivity index (χ3v) is 3.56. The molecule has 1 amide bonds. The van der Waals surface area contributed by atoms with Crippen LogP contribution in [0.3, 0.4) is 0 Å². The minimum atomic E-state index is -0.266. The molecule has 2 heterocycles. The molecule has 2 rings (SSSR count). The van der Waals surface area contributed by atoms with Gasteiger partial charge in [0.05, 0.1) is 5.60 Å². The molecule has 1 aliphatic heterocycles. The summed E-state index contributed by atoms with van der Waals surface area (Å²) in [6.45, 7) is 3.35. The van der Waals surface area contributed by atoms with Crippen LogP contribution in [0.2, 0.25) is 0 Å². The van der Waals surface area contributed by atoms with Gasteiger partial charge in [-0.15, -0.1) is 0 Å². The van der Waals surface area contributed by atoms with E-state index in [-0.39, 0.29) is 11.5 Å². The van der Waals surface area contributed by atoms with Gasteiger partial charge in [-0.3, -0.25) is 4.79 Å². The molecule has 104 valence electrons. The van der Waals surface area contributed by atoms with Crippen molar-refractivity contribution in [2.24, 2.45) is 5.84 Å². The van der Waals surface area contributed by atoms with Crippen molar-refractivity contribution in [2.75, 3.05) is 25.6 Å². The summed E-state index contributed by atoms with van der Waals surface area (Å²) in [5.41, 5.74) is 2.58. The topological polar surface area (TPSA) is 80.5 Å². The first-order chi connectivity index (χ1) is 9.08. The maximum atomic E-state index is 12.4. The number of likely N-dealkylation sites (tertiary alicyclic amines) is 1. The van der Waals surface area contributed by atoms with Gasteiger partial charge < -0.3 is 15.1 Å². The molecule has 1 aromatic rings. The number of ether oxygens (including phenoxy) is 1. The minimum absolute atomic E-state index is 0.0833. The smallest absolute Gasteiger partial charge is 0.272 e. The fourth-order valence-electron chi connectivity index (χ4n) is 2.34. The van der Waals surface area contributed by atoms with Crippen molar-refractivity contribution >= 4 is 11.7 Å². The maximum Gasteiger partial charge on any atom is 0.272 e. The molecule has 19 heavy (non-hydrogen) atoms. The van der Waals surface area contributed by atoms with Crippen molar-refractivity contribution in [1.82, 2.24) is 9.88 Å². The van der Waals surface area contributed by atoms with E-state index in [1.54, 1.807) is 30.2 Å². The van der Waals surface area contributed by atoms with Gasteiger partial charge in [0.15, 0.2) is 0 Å². The van der Waals surface area contributed by atoms with Gasteiger partial charge in [-0.2, -0.15) is 0 Å². The Hall–Kier alpha value is -1.66. The van der Waals surface area contributed by atoms with Gasteiger partial charge in [0.25, 0.3) is 5.91 Å². The van der Waals surface area contributed by atoms with Gasteiger partial charge >= 0.3 is 0 Å². The van der Waals surface area contributed by atoms with E-state index >= 15 is 0 Å². The Morgan fingerprint density at radius 3 is 3.05 bits per heavy atom. The van der Waals surface area contributed by atoms with Crippen LogP contribution in [0.5, 0.6) is 0 Å². The Balaban J connectivity index is 2.14. The fourth-order valence-corrected chi connectivity index (χ4v) is 2.34. The molecule has 1 aromatic heterocycles. The van der Waals surface area contributed by atoms with Crippen molar-refractivity contribution in [2.45, 2.75) is 25.4 Å². The SMILES string of the molecule is COC1(C)CCCN(C(=O)c2cccc(NN)n2)C1. The lowest BCUT2D eigenvalue weighted by Gasteiger charge is -2.39. The summed E-state index contributed by atoms with van der Waals surface area (Å²) in [6, 6.07) is 5.17. The highest BCUT2D eigenvalue weighted by Crippen LogP contribution is 2.24. The average Bonchev–Trinajstić information content (AvgIpc) is 2.46. The van der Waals surface area contributed by atoms with Crippen LogP contribution in [0.15, 0.2) is 18.2 Å². The Labute approximate surface area is 112 Å². The maximum absolute atomic E-state index is 12.4. The molecule has 0 aliphatic carbocycles. The zero-order chi connectivity index (χ0) is 13.9. The van der Waals surface area contributed by atoms with Crippen LogP contribution in [0.4, 0.5) is 5.82 Å². The number of hydrogen-bond donors (Lipinski definition) is 2. The predicted molar refractivity (Wildman–Crippen MR) is 72.6 cm³/mol. The van der Waals surface area contributed by atoms with Crippen molar-refractivity contribution in [1.29, 1.82) is 0 Å². The van der Waals surface area contributed by atoms with E-state index in [1.807, 2.05) is 6.92 Å². The highest BCUT2D eigenvalue weighted by molar-refractivity contribution is 5.92. The molecule has 3 N–H and O–H groups in total. The highest BCUT2D eigenvalue weighted by atomic mass is 16.5. The van der Waals surface area contributed by atoms with Crippen LogP contribution < -0.4 is 11.3 Å². The van der Waals surface area contributed by atoms with Gasteiger partial charge in [0.1, 0.15) is 11.5 Å². The summed E-state index contributed by atoms with van der Waals surface area (Å²) in [7, 11) is 1.69. The first-order valence-electron chi connectivity index (χ1n) is 6.36. The van der Waals surface area contributed by atoms with E-state index in [0.29, 0.717) is 18.1 Å². The van der Waals surface area contributed by atoms with Gasteiger partial charge in [0, 0.05) is 20.2 Å². The lowest BCUT2D eigenvalue weighted by molar-refractivity contribution is -0.0441. The fraction of sp³-hybridized carbons (Fsp3) is 0.538. The number of piperidine rings is 1. The monoisotopic (exact) mass is 264 g/mol. The Morgan fingerprint density at radius 2 is 2.37 bits per heavy atom. The Morgan fingerprint density at radius 1 is 1.58 bits per heavy atom. The summed E-state index contributed by atoms with van der Waals surface area (Å²) in [5, 5.41) is 0. The van der Waals surface area contributed by atoms with E-state index in [1.165, 1.54) is 0 Å². The van der Waals surface area contributed by atoms with E-state index in [4.69, 9.17) is 10.6 Å². The molecule has 6 nitrogen and oxygen atoms in total. The molecular weight excluding hydrogens is 244 g/mol. The second-order valence-corrected chi connectivity index (χ2v) is 5.04. The van der Waals surface area contributed by atoms with Gasteiger partial charge in [-0.05, 0) is 31.9 Å². The zero-order valence-electron chi connectivity index (χ0n) is 11.3. The molecule has 1 aliphatic rings. The number of nitrogens with zero attached hydrogens (tertiary/aromatic N) is 2. The molecule has 0 bridgehead atoms. The number of anilines is 1. The van der Waals surface area contributed by atoms with Gasteiger partial charge in [-0.1, -0.05) is 6.07 Å². The third-order valence-electron chi connectivity index (χ3n) is 3.56. The van der Waals surface area contributed by atoms with Crippen LogP contribution >= 0.6 is 0 Å². The van der Waals surface area contributed by atoms with E-state index in [9.17, 15) is 4.79 Å². The van der Waals surface area contributed by atoms with Crippen LogP contribution in [-0.2, 0) is 4.74 Å². The van der Waals surface area contributed by atoms with Crippen LogP contribution in [0, 0.1) is 0 Å². The number of carbonyl (C=O) groups is 1. The number of nitrogens with one attached hydrogen (secondary N) is 1. The van der Waals surface area contributed by atoms with Gasteiger partial charge in [-0.25, -0.2) is 10.8 Å². The van der Waals surface area contributed by atoms with Crippen LogP contribution in [0.1, 0.15) is 30.3 Å². The Bertz CT molecular complexity index is 466. The van der Waals surface area contributed by atoms with Crippen molar-refractivity contribution in [3.05, 3.63) is 23.9 Å². The molecule has 6 heteroatoms. The highest BCUT2D eigenvalue weighted by Gasteiger charge is 2.33. The molecule has 0 spiro atoms. The number of hydrazine groups is 1. The summed E-state index contributed by atoms with van der Waals surface area (Å²) >= 11 is 0. The second-order valence-electron chi connectivity index (χ2n) is 5.04. The molecule has 0 saturated carbocycles. The Kier molecular flexibility index (Phi) is 4.01. The number of rotatable bonds is 3. The number of pyridine rings is 1. The summed E-state index contributed by atoms with van der Waals surface area (Å²) in [6.07, 6.45) is 1.90. The van der Waals surface area contributed by atoms with Crippen molar-refractivity contribution in [3.63, 3.8) is 0 Å². The third kappa shape index (κ3) is 3.02. The van der Waals surface area contributed by atoms with Crippen molar-refractivity contribution in [3.8, 4) is 0 Å². The number of nitrogens with two attached hydrogens (primary N) is 1. The first kappa shape index (κ1) is 13.8. The lowest BCUT2D eigenvalue weighted by Crippen LogP contribution is -2.49. The number of methoxy groups -OCH3 is 1. The van der Waals surface area contributed by atoms with E-state index in [2.05, 4.69) is 10.4 Å². The largest absolute Gasteiger partial charge is 0.377 e. The molecule has 0 aromatic carbocycles. The second kappa shape index (κ2) is 5.54. The number of aromatic nitrogens is 1. The summed E-state index contributed by atoms with van der Waals surface area (Å²) in [4.78, 5) is 18.4.